The lowest BCUT2D eigenvalue weighted by atomic mass is 9.44. The molecule has 4 aliphatic rings. The van der Waals surface area contributed by atoms with E-state index in [9.17, 15) is 9.59 Å². The van der Waals surface area contributed by atoms with Gasteiger partial charge in [-0.25, -0.2) is 4.79 Å². The van der Waals surface area contributed by atoms with Gasteiger partial charge in [0.1, 0.15) is 5.78 Å². The highest BCUT2D eigenvalue weighted by Gasteiger charge is 2.60. The summed E-state index contributed by atoms with van der Waals surface area (Å²) in [6, 6.07) is 0.398. The van der Waals surface area contributed by atoms with E-state index in [0.29, 0.717) is 42.2 Å². The number of nitrogens with one attached hydrogen (secondary N) is 1. The molecule has 0 spiro atoms. The second-order valence-corrected chi connectivity index (χ2v) is 12.9. The van der Waals surface area contributed by atoms with Crippen LogP contribution in [0, 0.1) is 40.4 Å². The Kier molecular flexibility index (Phi) is 8.00. The van der Waals surface area contributed by atoms with E-state index >= 15 is 0 Å². The smallest absolute Gasteiger partial charge is 0.313 e. The summed E-state index contributed by atoms with van der Waals surface area (Å²) in [4.78, 5) is 32.0. The predicted molar refractivity (Wildman–Crippen MR) is 140 cm³/mol. The summed E-state index contributed by atoms with van der Waals surface area (Å²) in [5.41, 5.74) is 1.57. The summed E-state index contributed by atoms with van der Waals surface area (Å²) in [5, 5.41) is 7.77. The minimum Gasteiger partial charge on any atom is -0.313 e. The summed E-state index contributed by atoms with van der Waals surface area (Å²) in [5.74, 6) is 3.73. The molecule has 0 radical (unpaired) electrons. The van der Waals surface area contributed by atoms with Gasteiger partial charge in [-0.1, -0.05) is 32.9 Å². The SMILES string of the molecule is CCN(CCNC(C)C)C(=O)O/N=C(\C)[C@H]1CC[C@H]2[C@@H]3CC[C@@H]4CC(=O)CC[C@]4(C)[C@H]3CC[C@]12C. The van der Waals surface area contributed by atoms with Crippen molar-refractivity contribution in [2.75, 3.05) is 19.6 Å². The number of carbonyl (C=O) groups excluding carboxylic acids is 2. The minimum absolute atomic E-state index is 0.237. The molecule has 0 aliphatic heterocycles. The number of fused-ring (bicyclic) bond motifs is 5. The molecule has 0 unspecified atom stereocenters. The van der Waals surface area contributed by atoms with Gasteiger partial charge in [-0.05, 0) is 93.3 Å². The van der Waals surface area contributed by atoms with Crippen LogP contribution in [0.25, 0.3) is 0 Å². The first-order chi connectivity index (χ1) is 16.6. The van der Waals surface area contributed by atoms with Crippen molar-refractivity contribution in [2.24, 2.45) is 45.6 Å². The van der Waals surface area contributed by atoms with E-state index in [0.717, 1.165) is 55.7 Å². The molecule has 0 heterocycles. The van der Waals surface area contributed by atoms with E-state index in [1.165, 1.54) is 32.1 Å². The van der Waals surface area contributed by atoms with Gasteiger partial charge in [0.15, 0.2) is 0 Å². The number of amides is 1. The Labute approximate surface area is 213 Å². The number of hydrogen-bond acceptors (Lipinski definition) is 5. The van der Waals surface area contributed by atoms with Crippen molar-refractivity contribution in [3.63, 3.8) is 0 Å². The van der Waals surface area contributed by atoms with Crippen LogP contribution in [0.2, 0.25) is 0 Å². The molecule has 35 heavy (non-hydrogen) atoms. The van der Waals surface area contributed by atoms with Gasteiger partial charge in [0, 0.05) is 44.4 Å². The fraction of sp³-hybridized carbons (Fsp3) is 0.897. The summed E-state index contributed by atoms with van der Waals surface area (Å²) < 4.78 is 0. The van der Waals surface area contributed by atoms with Crippen molar-refractivity contribution in [2.45, 2.75) is 105 Å². The van der Waals surface area contributed by atoms with Gasteiger partial charge in [0.25, 0.3) is 0 Å². The fourth-order valence-corrected chi connectivity index (χ4v) is 8.83. The summed E-state index contributed by atoms with van der Waals surface area (Å²) >= 11 is 0. The molecule has 0 aromatic rings. The van der Waals surface area contributed by atoms with Crippen molar-refractivity contribution in [3.05, 3.63) is 0 Å². The van der Waals surface area contributed by atoms with Gasteiger partial charge in [0.05, 0.1) is 5.71 Å². The van der Waals surface area contributed by atoms with E-state index in [1.807, 2.05) is 6.92 Å². The first-order valence-electron chi connectivity index (χ1n) is 14.4. The highest BCUT2D eigenvalue weighted by atomic mass is 16.7. The highest BCUT2D eigenvalue weighted by molar-refractivity contribution is 5.85. The number of oxime groups is 1. The maximum atomic E-state index is 12.7. The monoisotopic (exact) mass is 487 g/mol. The van der Waals surface area contributed by atoms with Crippen LogP contribution in [0.1, 0.15) is 99.3 Å². The van der Waals surface area contributed by atoms with Gasteiger partial charge >= 0.3 is 6.09 Å². The first kappa shape index (κ1) is 26.6. The summed E-state index contributed by atoms with van der Waals surface area (Å²) in [7, 11) is 0. The van der Waals surface area contributed by atoms with Crippen molar-refractivity contribution in [1.29, 1.82) is 0 Å². The zero-order chi connectivity index (χ0) is 25.4. The fourth-order valence-electron chi connectivity index (χ4n) is 8.83. The zero-order valence-electron chi connectivity index (χ0n) is 23.1. The molecule has 0 saturated heterocycles. The topological polar surface area (TPSA) is 71.0 Å². The van der Waals surface area contributed by atoms with Crippen LogP contribution in [-0.4, -0.2) is 48.2 Å². The molecule has 0 aromatic carbocycles. The van der Waals surface area contributed by atoms with Crippen LogP contribution in [-0.2, 0) is 9.63 Å². The number of hydrogen-bond donors (Lipinski definition) is 1. The van der Waals surface area contributed by atoms with Crippen LogP contribution in [0.15, 0.2) is 5.16 Å². The Balaban J connectivity index is 1.40. The first-order valence-corrected chi connectivity index (χ1v) is 14.4. The molecule has 6 nitrogen and oxygen atoms in total. The second-order valence-electron chi connectivity index (χ2n) is 12.9. The van der Waals surface area contributed by atoms with Gasteiger partial charge < -0.3 is 10.2 Å². The van der Waals surface area contributed by atoms with Gasteiger partial charge in [-0.2, -0.15) is 0 Å². The van der Waals surface area contributed by atoms with Gasteiger partial charge in [-0.15, -0.1) is 0 Å². The number of Topliss-reactive ketones (excluding diaryl/α,β-unsaturated/α-hetero) is 1. The molecule has 0 bridgehead atoms. The molecule has 4 saturated carbocycles. The third kappa shape index (κ3) is 5.06. The van der Waals surface area contributed by atoms with Crippen LogP contribution in [0.5, 0.6) is 0 Å². The highest BCUT2D eigenvalue weighted by Crippen LogP contribution is 2.67. The van der Waals surface area contributed by atoms with Crippen LogP contribution < -0.4 is 5.32 Å². The average molecular weight is 488 g/mol. The van der Waals surface area contributed by atoms with E-state index < -0.39 is 0 Å². The van der Waals surface area contributed by atoms with Gasteiger partial charge in [-0.3, -0.25) is 9.63 Å². The summed E-state index contributed by atoms with van der Waals surface area (Å²) in [6.07, 6.45) is 9.77. The maximum absolute atomic E-state index is 12.7. The molecule has 6 heteroatoms. The zero-order valence-corrected chi connectivity index (χ0v) is 23.1. The molecule has 4 aliphatic carbocycles. The average Bonchev–Trinajstić information content (AvgIpc) is 3.17. The van der Waals surface area contributed by atoms with Crippen molar-refractivity contribution >= 4 is 17.6 Å². The second kappa shape index (κ2) is 10.5. The lowest BCUT2D eigenvalue weighted by molar-refractivity contribution is -0.138. The molecule has 198 valence electrons. The van der Waals surface area contributed by atoms with E-state index in [-0.39, 0.29) is 11.5 Å². The minimum atomic E-state index is -0.348. The van der Waals surface area contributed by atoms with Crippen molar-refractivity contribution in [3.8, 4) is 0 Å². The number of ketones is 1. The van der Waals surface area contributed by atoms with Crippen LogP contribution in [0.3, 0.4) is 0 Å². The standard InChI is InChI=1S/C29H49N3O3/c1-7-32(17-16-30-19(2)3)27(34)35-31-20(4)24-10-11-25-23-9-8-21-18-22(33)12-14-28(21,5)26(23)13-15-29(24,25)6/h19,21,23-26,30H,7-18H2,1-6H3/b31-20+/t21-,23+,24-,25+,26+,28+,29-/m1/s1. The molecule has 1 amide bonds. The molecule has 0 aromatic heterocycles. The largest absolute Gasteiger partial charge is 0.436 e. The number of nitrogens with zero attached hydrogens (tertiary/aromatic N) is 2. The molecular formula is C29H49N3O3. The Hall–Kier alpha value is -1.43. The molecule has 4 fully saturated rings. The van der Waals surface area contributed by atoms with Gasteiger partial charge in [0.2, 0.25) is 0 Å². The number of rotatable bonds is 7. The molecule has 7 atom stereocenters. The normalized spacial score (nSPS) is 39.1. The third-order valence-corrected chi connectivity index (χ3v) is 10.8. The Morgan fingerprint density at radius 2 is 1.86 bits per heavy atom. The maximum Gasteiger partial charge on any atom is 0.436 e. The quantitative estimate of drug-likeness (QED) is 0.270. The third-order valence-electron chi connectivity index (χ3n) is 10.8. The summed E-state index contributed by atoms with van der Waals surface area (Å²) in [6.45, 7) is 15.2. The van der Waals surface area contributed by atoms with E-state index in [4.69, 9.17) is 4.84 Å². The Morgan fingerprint density at radius 1 is 1.11 bits per heavy atom. The van der Waals surface area contributed by atoms with Crippen LogP contribution >= 0.6 is 0 Å². The predicted octanol–water partition coefficient (Wildman–Crippen LogP) is 6.05. The van der Waals surface area contributed by atoms with Crippen molar-refractivity contribution in [1.82, 2.24) is 10.2 Å². The lowest BCUT2D eigenvalue weighted by Crippen LogP contribution is -2.53. The molecule has 1 N–H and O–H groups in total. The van der Waals surface area contributed by atoms with Crippen molar-refractivity contribution < 1.29 is 14.4 Å². The number of likely N-dealkylation sites (N-methyl/N-ethyl adjacent to an activating group) is 1. The van der Waals surface area contributed by atoms with E-state index in [1.54, 1.807) is 4.90 Å². The Morgan fingerprint density at radius 3 is 2.57 bits per heavy atom. The van der Waals surface area contributed by atoms with Crippen LogP contribution in [0.4, 0.5) is 4.79 Å². The molecular weight excluding hydrogens is 438 g/mol. The molecule has 4 rings (SSSR count). The van der Waals surface area contributed by atoms with E-state index in [2.05, 4.69) is 45.1 Å². The number of carbonyl (C=O) groups is 2. The Bertz CT molecular complexity index is 826. The lowest BCUT2D eigenvalue weighted by Gasteiger charge is -2.60.